The molecule has 1 heterocycles. The summed E-state index contributed by atoms with van der Waals surface area (Å²) in [4.78, 5) is 39.4. The molecule has 0 unspecified atom stereocenters. The summed E-state index contributed by atoms with van der Waals surface area (Å²) in [6.45, 7) is 0.0209. The quantitative estimate of drug-likeness (QED) is 0.475. The van der Waals surface area contributed by atoms with Crippen LogP contribution in [0.25, 0.3) is 0 Å². The van der Waals surface area contributed by atoms with Crippen molar-refractivity contribution < 1.29 is 23.9 Å². The second kappa shape index (κ2) is 13.2. The smallest absolute Gasteiger partial charge is 0.271 e. The number of hydrogen-bond donors (Lipinski definition) is 3. The number of hydrazine groups is 1. The van der Waals surface area contributed by atoms with Gasteiger partial charge in [-0.1, -0.05) is 32.1 Å². The first kappa shape index (κ1) is 24.2. The van der Waals surface area contributed by atoms with Crippen LogP contribution in [0.15, 0.2) is 48.8 Å². The zero-order valence-electron chi connectivity index (χ0n) is 18.5. The van der Waals surface area contributed by atoms with E-state index < -0.39 is 17.7 Å². The van der Waals surface area contributed by atoms with Gasteiger partial charge in [-0.3, -0.25) is 30.2 Å². The molecule has 1 saturated carbocycles. The molecule has 9 heteroatoms. The lowest BCUT2D eigenvalue weighted by molar-refractivity contribution is -0.129. The van der Waals surface area contributed by atoms with Gasteiger partial charge < -0.3 is 14.8 Å². The van der Waals surface area contributed by atoms with Crippen molar-refractivity contribution in [3.63, 3.8) is 0 Å². The summed E-state index contributed by atoms with van der Waals surface area (Å²) in [5.74, 6) is 0.0559. The third kappa shape index (κ3) is 8.89. The molecule has 33 heavy (non-hydrogen) atoms. The molecule has 0 atom stereocenters. The third-order valence-corrected chi connectivity index (χ3v) is 5.36. The van der Waals surface area contributed by atoms with Gasteiger partial charge in [-0.25, -0.2) is 0 Å². The largest absolute Gasteiger partial charge is 0.494 e. The van der Waals surface area contributed by atoms with Gasteiger partial charge in [-0.05, 0) is 48.7 Å². The lowest BCUT2D eigenvalue weighted by Crippen LogP contribution is -2.43. The minimum absolute atomic E-state index is 0.302. The van der Waals surface area contributed by atoms with Gasteiger partial charge in [-0.2, -0.15) is 0 Å². The number of carbonyl (C=O) groups excluding carboxylic acids is 3. The number of pyridine rings is 1. The topological polar surface area (TPSA) is 119 Å². The third-order valence-electron chi connectivity index (χ3n) is 5.36. The molecule has 0 bridgehead atoms. The van der Waals surface area contributed by atoms with E-state index in [1.807, 2.05) is 12.1 Å². The average molecular weight is 455 g/mol. The molecule has 1 aliphatic carbocycles. The van der Waals surface area contributed by atoms with Gasteiger partial charge >= 0.3 is 0 Å². The van der Waals surface area contributed by atoms with Crippen molar-refractivity contribution >= 4 is 23.4 Å². The molecule has 1 aromatic heterocycles. The zero-order valence-corrected chi connectivity index (χ0v) is 18.5. The normalized spacial score (nSPS) is 13.7. The van der Waals surface area contributed by atoms with Gasteiger partial charge in [0.2, 0.25) is 5.91 Å². The second-order valence-corrected chi connectivity index (χ2v) is 7.95. The first-order valence-corrected chi connectivity index (χ1v) is 11.2. The van der Waals surface area contributed by atoms with Gasteiger partial charge in [0, 0.05) is 18.1 Å². The molecule has 0 spiro atoms. The Labute approximate surface area is 193 Å². The Morgan fingerprint density at radius 1 is 0.939 bits per heavy atom. The minimum atomic E-state index is -0.588. The van der Waals surface area contributed by atoms with Crippen LogP contribution in [0.2, 0.25) is 0 Å². The molecule has 1 aromatic carbocycles. The highest BCUT2D eigenvalue weighted by Gasteiger charge is 2.13. The molecule has 3 rings (SSSR count). The van der Waals surface area contributed by atoms with Crippen LogP contribution in [0.1, 0.15) is 48.9 Å². The number of benzene rings is 1. The van der Waals surface area contributed by atoms with Crippen LogP contribution in [-0.4, -0.2) is 42.5 Å². The maximum atomic E-state index is 12.0. The Hall–Kier alpha value is -3.46. The number of nitrogens with zero attached hydrogens (tertiary/aromatic N) is 1. The van der Waals surface area contributed by atoms with E-state index in [0.29, 0.717) is 17.9 Å². The molecule has 2 aromatic rings. The fraction of sp³-hybridized carbons (Fsp3) is 0.417. The fourth-order valence-electron chi connectivity index (χ4n) is 3.62. The number of anilines is 1. The van der Waals surface area contributed by atoms with E-state index in [9.17, 15) is 14.4 Å². The number of nitrogens with one attached hydrogen (secondary N) is 3. The Bertz CT molecular complexity index is 899. The van der Waals surface area contributed by atoms with E-state index in [4.69, 9.17) is 9.47 Å². The van der Waals surface area contributed by atoms with E-state index in [1.165, 1.54) is 44.5 Å². The van der Waals surface area contributed by atoms with Crippen LogP contribution in [0.3, 0.4) is 0 Å². The zero-order chi connectivity index (χ0) is 23.3. The van der Waals surface area contributed by atoms with Gasteiger partial charge in [0.05, 0.1) is 12.2 Å². The van der Waals surface area contributed by atoms with Gasteiger partial charge in [0.1, 0.15) is 19.0 Å². The molecule has 1 aliphatic rings. The highest BCUT2D eigenvalue weighted by atomic mass is 16.5. The second-order valence-electron chi connectivity index (χ2n) is 7.95. The molecular weight excluding hydrogens is 424 g/mol. The molecule has 9 nitrogen and oxygen atoms in total. The predicted octanol–water partition coefficient (Wildman–Crippen LogP) is 2.85. The van der Waals surface area contributed by atoms with Crippen LogP contribution < -0.4 is 20.9 Å². The molecule has 1 fully saturated rings. The number of carbonyl (C=O) groups is 3. The van der Waals surface area contributed by atoms with Crippen LogP contribution in [0, 0.1) is 5.92 Å². The van der Waals surface area contributed by atoms with Crippen LogP contribution in [-0.2, 0) is 14.3 Å². The highest BCUT2D eigenvalue weighted by Crippen LogP contribution is 2.26. The maximum absolute atomic E-state index is 12.0. The monoisotopic (exact) mass is 454 g/mol. The number of amides is 3. The van der Waals surface area contributed by atoms with Crippen molar-refractivity contribution in [1.29, 1.82) is 0 Å². The van der Waals surface area contributed by atoms with Crippen molar-refractivity contribution in [2.75, 3.05) is 25.1 Å². The maximum Gasteiger partial charge on any atom is 0.271 e. The Morgan fingerprint density at radius 3 is 2.42 bits per heavy atom. The molecule has 0 aliphatic heterocycles. The Balaban J connectivity index is 1.27. The van der Waals surface area contributed by atoms with Crippen molar-refractivity contribution in [3.8, 4) is 5.75 Å². The Kier molecular flexibility index (Phi) is 9.65. The van der Waals surface area contributed by atoms with E-state index in [0.717, 1.165) is 18.1 Å². The van der Waals surface area contributed by atoms with Gasteiger partial charge in [0.25, 0.3) is 11.8 Å². The number of rotatable bonds is 10. The summed E-state index contributed by atoms with van der Waals surface area (Å²) in [5.41, 5.74) is 5.37. The summed E-state index contributed by atoms with van der Waals surface area (Å²) < 4.78 is 10.9. The van der Waals surface area contributed by atoms with Crippen LogP contribution in [0.4, 0.5) is 5.69 Å². The van der Waals surface area contributed by atoms with Crippen LogP contribution >= 0.6 is 0 Å². The number of ether oxygens (including phenoxy) is 2. The van der Waals surface area contributed by atoms with E-state index in [2.05, 4.69) is 21.2 Å². The highest BCUT2D eigenvalue weighted by molar-refractivity contribution is 5.95. The minimum Gasteiger partial charge on any atom is -0.494 e. The molecule has 176 valence electrons. The fourth-order valence-corrected chi connectivity index (χ4v) is 3.62. The van der Waals surface area contributed by atoms with Crippen molar-refractivity contribution in [2.24, 2.45) is 5.92 Å². The summed E-state index contributed by atoms with van der Waals surface area (Å²) >= 11 is 0. The lowest BCUT2D eigenvalue weighted by Gasteiger charge is -2.21. The molecule has 0 radical (unpaired) electrons. The number of hydrogen-bond acceptors (Lipinski definition) is 6. The van der Waals surface area contributed by atoms with Crippen molar-refractivity contribution in [3.05, 3.63) is 54.4 Å². The summed E-state index contributed by atoms with van der Waals surface area (Å²) in [6, 6.07) is 10.3. The molecule has 3 amide bonds. The van der Waals surface area contributed by atoms with Crippen molar-refractivity contribution in [2.45, 2.75) is 38.5 Å². The van der Waals surface area contributed by atoms with E-state index in [-0.39, 0.29) is 13.2 Å². The molecular formula is C24H30N4O5. The first-order valence-electron chi connectivity index (χ1n) is 11.2. The summed E-state index contributed by atoms with van der Waals surface area (Å²) in [6.07, 6.45) is 10.6. The predicted molar refractivity (Wildman–Crippen MR) is 122 cm³/mol. The molecule has 3 N–H and O–H groups in total. The number of aromatic nitrogens is 1. The van der Waals surface area contributed by atoms with Gasteiger partial charge in [0.15, 0.2) is 0 Å². The van der Waals surface area contributed by atoms with Crippen LogP contribution in [0.5, 0.6) is 5.75 Å². The van der Waals surface area contributed by atoms with E-state index >= 15 is 0 Å². The lowest BCUT2D eigenvalue weighted by atomic mass is 9.87. The Morgan fingerprint density at radius 2 is 1.70 bits per heavy atom. The van der Waals surface area contributed by atoms with Crippen molar-refractivity contribution in [1.82, 2.24) is 15.8 Å². The van der Waals surface area contributed by atoms with E-state index in [1.54, 1.807) is 24.3 Å². The average Bonchev–Trinajstić information content (AvgIpc) is 2.85. The molecule has 0 saturated heterocycles. The summed E-state index contributed by atoms with van der Waals surface area (Å²) in [7, 11) is 0. The first-order chi connectivity index (χ1) is 16.1. The standard InChI is InChI=1S/C24H30N4O5/c29-22(16-32-17-23(30)27-28-24(31)19-7-4-13-25-15-19)26-20-8-10-21(11-9-20)33-14-12-18-5-2-1-3-6-18/h4,7-11,13,15,18H,1-3,5-6,12,14,16-17H2,(H,26,29)(H,27,30)(H,28,31). The van der Waals surface area contributed by atoms with Gasteiger partial charge in [-0.15, -0.1) is 0 Å². The SMILES string of the molecule is O=C(COCC(=O)Nc1ccc(OCCC2CCCCC2)cc1)NNC(=O)c1cccnc1. The summed E-state index contributed by atoms with van der Waals surface area (Å²) in [5, 5.41) is 2.69.